The average molecular weight is 333 g/mol. The molecule has 0 radical (unpaired) electrons. The Kier molecular flexibility index (Phi) is 3.26. The van der Waals surface area contributed by atoms with Gasteiger partial charge in [0.05, 0.1) is 17.5 Å². The van der Waals surface area contributed by atoms with E-state index in [9.17, 15) is 18.3 Å². The summed E-state index contributed by atoms with van der Waals surface area (Å²) in [4.78, 5) is 4.57. The van der Waals surface area contributed by atoms with Crippen molar-refractivity contribution in [1.29, 1.82) is 0 Å². The van der Waals surface area contributed by atoms with Crippen molar-refractivity contribution in [2.45, 2.75) is 31.4 Å². The van der Waals surface area contributed by atoms with E-state index in [0.717, 1.165) is 30.7 Å². The molecule has 0 spiro atoms. The minimum absolute atomic E-state index is 0.00629. The standard InChI is InChI=1S/C17H14F3N3O/c18-17(19,20)12-5-1-10(2-6-12)9-13-15(11-3-4-11)22-14-7-8-21-23(14)16(13)24/h1-2,5-8,11,24H,3-4,9H2. The minimum atomic E-state index is -4.35. The monoisotopic (exact) mass is 333 g/mol. The molecule has 4 nitrogen and oxygen atoms in total. The number of hydrogen-bond donors (Lipinski definition) is 1. The first-order valence-corrected chi connectivity index (χ1v) is 7.65. The van der Waals surface area contributed by atoms with Gasteiger partial charge in [-0.15, -0.1) is 0 Å². The zero-order valence-corrected chi connectivity index (χ0v) is 12.6. The average Bonchev–Trinajstić information content (AvgIpc) is 3.27. The molecule has 1 aromatic carbocycles. The van der Waals surface area contributed by atoms with Gasteiger partial charge in [-0.1, -0.05) is 12.1 Å². The first-order valence-electron chi connectivity index (χ1n) is 7.65. The summed E-state index contributed by atoms with van der Waals surface area (Å²) < 4.78 is 39.4. The molecule has 3 aromatic rings. The lowest BCUT2D eigenvalue weighted by Gasteiger charge is -2.12. The molecule has 1 aliphatic rings. The molecule has 24 heavy (non-hydrogen) atoms. The predicted octanol–water partition coefficient (Wildman–Crippen LogP) is 3.92. The van der Waals surface area contributed by atoms with Crippen LogP contribution >= 0.6 is 0 Å². The van der Waals surface area contributed by atoms with E-state index < -0.39 is 11.7 Å². The summed E-state index contributed by atoms with van der Waals surface area (Å²) in [6.07, 6.45) is -0.456. The second-order valence-corrected chi connectivity index (χ2v) is 6.05. The molecule has 0 bridgehead atoms. The maximum atomic E-state index is 12.7. The molecule has 4 rings (SSSR count). The maximum absolute atomic E-state index is 12.7. The van der Waals surface area contributed by atoms with Crippen LogP contribution in [-0.2, 0) is 12.6 Å². The number of fused-ring (bicyclic) bond motifs is 1. The number of aromatic nitrogens is 3. The number of benzene rings is 1. The third-order valence-corrected chi connectivity index (χ3v) is 4.26. The van der Waals surface area contributed by atoms with Crippen LogP contribution in [0, 0.1) is 0 Å². The fourth-order valence-electron chi connectivity index (χ4n) is 2.86. The highest BCUT2D eigenvalue weighted by molar-refractivity contribution is 5.48. The molecule has 0 unspecified atom stereocenters. The van der Waals surface area contributed by atoms with Crippen molar-refractivity contribution in [1.82, 2.24) is 14.6 Å². The Balaban J connectivity index is 1.73. The second kappa shape index (κ2) is 5.22. The third kappa shape index (κ3) is 2.60. The van der Waals surface area contributed by atoms with Gasteiger partial charge in [0.25, 0.3) is 0 Å². The summed E-state index contributed by atoms with van der Waals surface area (Å²) in [5.74, 6) is 0.312. The summed E-state index contributed by atoms with van der Waals surface area (Å²) in [5, 5.41) is 14.6. The van der Waals surface area contributed by atoms with E-state index in [0.29, 0.717) is 29.1 Å². The fraction of sp³-hybridized carbons (Fsp3) is 0.294. The molecule has 1 fully saturated rings. The third-order valence-electron chi connectivity index (χ3n) is 4.26. The Morgan fingerprint density at radius 3 is 2.46 bits per heavy atom. The van der Waals surface area contributed by atoms with E-state index in [2.05, 4.69) is 10.1 Å². The van der Waals surface area contributed by atoms with Crippen molar-refractivity contribution in [3.63, 3.8) is 0 Å². The Morgan fingerprint density at radius 2 is 1.83 bits per heavy atom. The zero-order chi connectivity index (χ0) is 16.9. The topological polar surface area (TPSA) is 50.4 Å². The SMILES string of the molecule is Oc1c(Cc2ccc(C(F)(F)F)cc2)c(C2CC2)nc2ccnn12. The molecule has 0 aliphatic heterocycles. The number of rotatable bonds is 3. The van der Waals surface area contributed by atoms with Gasteiger partial charge < -0.3 is 5.11 Å². The number of aromatic hydroxyl groups is 1. The first-order chi connectivity index (χ1) is 11.4. The van der Waals surface area contributed by atoms with Gasteiger partial charge in [0.2, 0.25) is 5.88 Å². The molecule has 0 amide bonds. The fourth-order valence-corrected chi connectivity index (χ4v) is 2.86. The summed E-state index contributed by atoms with van der Waals surface area (Å²) in [6, 6.07) is 6.71. The van der Waals surface area contributed by atoms with Crippen molar-refractivity contribution in [3.05, 3.63) is 58.9 Å². The highest BCUT2D eigenvalue weighted by Crippen LogP contribution is 2.43. The van der Waals surface area contributed by atoms with Crippen LogP contribution in [0.25, 0.3) is 5.65 Å². The van der Waals surface area contributed by atoms with Crippen molar-refractivity contribution < 1.29 is 18.3 Å². The van der Waals surface area contributed by atoms with Crippen LogP contribution in [0.4, 0.5) is 13.2 Å². The number of halogens is 3. The van der Waals surface area contributed by atoms with Crippen LogP contribution < -0.4 is 0 Å². The van der Waals surface area contributed by atoms with Gasteiger partial charge in [0, 0.05) is 24.0 Å². The van der Waals surface area contributed by atoms with E-state index in [1.165, 1.54) is 16.6 Å². The van der Waals surface area contributed by atoms with Crippen LogP contribution in [0.2, 0.25) is 0 Å². The van der Waals surface area contributed by atoms with Crippen LogP contribution in [-0.4, -0.2) is 19.7 Å². The Labute approximate surface area is 135 Å². The first kappa shape index (κ1) is 15.0. The van der Waals surface area contributed by atoms with Crippen molar-refractivity contribution >= 4 is 5.65 Å². The summed E-state index contributed by atoms with van der Waals surface area (Å²) in [6.45, 7) is 0. The normalized spacial score (nSPS) is 15.1. The highest BCUT2D eigenvalue weighted by Gasteiger charge is 2.31. The van der Waals surface area contributed by atoms with E-state index >= 15 is 0 Å². The van der Waals surface area contributed by atoms with Crippen LogP contribution in [0.1, 0.15) is 41.1 Å². The summed E-state index contributed by atoms with van der Waals surface area (Å²) in [5.41, 5.74) is 2.03. The molecule has 1 N–H and O–H groups in total. The van der Waals surface area contributed by atoms with Gasteiger partial charge in [0.15, 0.2) is 5.65 Å². The maximum Gasteiger partial charge on any atom is 0.416 e. The van der Waals surface area contributed by atoms with Crippen LogP contribution in [0.5, 0.6) is 5.88 Å². The van der Waals surface area contributed by atoms with Crippen LogP contribution in [0.3, 0.4) is 0 Å². The van der Waals surface area contributed by atoms with E-state index in [1.807, 2.05) is 0 Å². The molecule has 1 saturated carbocycles. The molecule has 2 heterocycles. The molecule has 2 aromatic heterocycles. The summed E-state index contributed by atoms with van der Waals surface area (Å²) in [7, 11) is 0. The van der Waals surface area contributed by atoms with E-state index in [-0.39, 0.29) is 5.88 Å². The molecule has 124 valence electrons. The predicted molar refractivity (Wildman–Crippen MR) is 80.9 cm³/mol. The molecular formula is C17H14F3N3O. The van der Waals surface area contributed by atoms with Gasteiger partial charge in [-0.25, -0.2) is 4.98 Å². The molecular weight excluding hydrogens is 319 g/mol. The van der Waals surface area contributed by atoms with Crippen molar-refractivity contribution in [2.75, 3.05) is 0 Å². The Bertz CT molecular complexity index is 896. The Hall–Kier alpha value is -2.57. The zero-order valence-electron chi connectivity index (χ0n) is 12.6. The molecule has 7 heteroatoms. The minimum Gasteiger partial charge on any atom is -0.493 e. The molecule has 0 atom stereocenters. The molecule has 0 saturated heterocycles. The number of hydrogen-bond acceptors (Lipinski definition) is 3. The number of nitrogens with zero attached hydrogens (tertiary/aromatic N) is 3. The van der Waals surface area contributed by atoms with Gasteiger partial charge in [0.1, 0.15) is 0 Å². The van der Waals surface area contributed by atoms with Crippen molar-refractivity contribution in [3.8, 4) is 5.88 Å². The van der Waals surface area contributed by atoms with Gasteiger partial charge >= 0.3 is 6.18 Å². The quantitative estimate of drug-likeness (QED) is 0.790. The summed E-state index contributed by atoms with van der Waals surface area (Å²) >= 11 is 0. The van der Waals surface area contributed by atoms with Gasteiger partial charge in [-0.05, 0) is 30.5 Å². The largest absolute Gasteiger partial charge is 0.493 e. The highest BCUT2D eigenvalue weighted by atomic mass is 19.4. The van der Waals surface area contributed by atoms with Crippen molar-refractivity contribution in [2.24, 2.45) is 0 Å². The van der Waals surface area contributed by atoms with Gasteiger partial charge in [-0.3, -0.25) is 0 Å². The van der Waals surface area contributed by atoms with E-state index in [4.69, 9.17) is 0 Å². The van der Waals surface area contributed by atoms with Gasteiger partial charge in [-0.2, -0.15) is 22.8 Å². The Morgan fingerprint density at radius 1 is 1.12 bits per heavy atom. The lowest BCUT2D eigenvalue weighted by atomic mass is 10.0. The lowest BCUT2D eigenvalue weighted by Crippen LogP contribution is -2.06. The number of alkyl halides is 3. The van der Waals surface area contributed by atoms with Crippen LogP contribution in [0.15, 0.2) is 36.5 Å². The molecule has 1 aliphatic carbocycles. The second-order valence-electron chi connectivity index (χ2n) is 6.05. The van der Waals surface area contributed by atoms with E-state index in [1.54, 1.807) is 12.3 Å². The smallest absolute Gasteiger partial charge is 0.416 e. The lowest BCUT2D eigenvalue weighted by molar-refractivity contribution is -0.137.